The lowest BCUT2D eigenvalue weighted by atomic mass is 10.1. The fourth-order valence-corrected chi connectivity index (χ4v) is 2.03. The van der Waals surface area contributed by atoms with Gasteiger partial charge < -0.3 is 10.0 Å². The molecule has 0 saturated heterocycles. The molecule has 0 saturated carbocycles. The first-order valence-corrected chi connectivity index (χ1v) is 6.75. The highest BCUT2D eigenvalue weighted by atomic mass is 19.1. The molecule has 0 aliphatic rings. The maximum Gasteiger partial charge on any atom is 0.254 e. The molecule has 0 spiro atoms. The second-order valence-corrected chi connectivity index (χ2v) is 4.74. The number of hydrogen-bond donors (Lipinski definition) is 1. The molecule has 1 amide bonds. The molecular weight excluding hydrogens is 245 g/mol. The van der Waals surface area contributed by atoms with Crippen LogP contribution in [0.5, 0.6) is 0 Å². The summed E-state index contributed by atoms with van der Waals surface area (Å²) >= 11 is 0. The van der Waals surface area contributed by atoms with Crippen LogP contribution in [0.25, 0.3) is 0 Å². The fourth-order valence-electron chi connectivity index (χ4n) is 2.03. The minimum atomic E-state index is -0.402. The van der Waals surface area contributed by atoms with Crippen LogP contribution in [0.2, 0.25) is 0 Å². The Morgan fingerprint density at radius 2 is 2.00 bits per heavy atom. The van der Waals surface area contributed by atoms with Gasteiger partial charge in [0.2, 0.25) is 0 Å². The van der Waals surface area contributed by atoms with E-state index >= 15 is 0 Å². The lowest BCUT2D eigenvalue weighted by Crippen LogP contribution is -2.34. The number of aliphatic hydroxyl groups is 1. The molecule has 1 aromatic carbocycles. The molecule has 0 aliphatic heterocycles. The summed E-state index contributed by atoms with van der Waals surface area (Å²) in [6.07, 6.45) is 3.01. The van der Waals surface area contributed by atoms with Crippen molar-refractivity contribution in [2.75, 3.05) is 19.7 Å². The van der Waals surface area contributed by atoms with Crippen molar-refractivity contribution >= 4 is 5.91 Å². The largest absolute Gasteiger partial charge is 0.395 e. The Bertz CT molecular complexity index is 400. The molecule has 0 aliphatic carbocycles. The predicted molar refractivity (Wildman–Crippen MR) is 73.7 cm³/mol. The summed E-state index contributed by atoms with van der Waals surface area (Å²) in [6, 6.07) is 4.32. The normalized spacial score (nSPS) is 10.5. The number of unbranched alkanes of at least 4 members (excludes halogenated alkanes) is 2. The van der Waals surface area contributed by atoms with Crippen LogP contribution in [0.3, 0.4) is 0 Å². The van der Waals surface area contributed by atoms with E-state index in [9.17, 15) is 9.18 Å². The SMILES string of the molecule is CCCCCN(CCO)C(=O)c1cc(C)cc(F)c1. The highest BCUT2D eigenvalue weighted by Gasteiger charge is 2.15. The summed E-state index contributed by atoms with van der Waals surface area (Å²) in [7, 11) is 0. The Kier molecular flexibility index (Phi) is 6.50. The van der Waals surface area contributed by atoms with E-state index in [2.05, 4.69) is 6.92 Å². The van der Waals surface area contributed by atoms with Crippen molar-refractivity contribution in [3.05, 3.63) is 35.1 Å². The molecule has 0 atom stereocenters. The molecule has 106 valence electrons. The molecule has 1 rings (SSSR count). The van der Waals surface area contributed by atoms with Crippen LogP contribution in [-0.4, -0.2) is 35.6 Å². The van der Waals surface area contributed by atoms with Crippen LogP contribution in [0, 0.1) is 12.7 Å². The number of carbonyl (C=O) groups is 1. The average molecular weight is 267 g/mol. The third-order valence-electron chi connectivity index (χ3n) is 2.98. The average Bonchev–Trinajstić information content (AvgIpc) is 2.36. The third kappa shape index (κ3) is 4.99. The topological polar surface area (TPSA) is 40.5 Å². The number of nitrogens with zero attached hydrogens (tertiary/aromatic N) is 1. The minimum absolute atomic E-state index is 0.0772. The first kappa shape index (κ1) is 15.6. The van der Waals surface area contributed by atoms with Gasteiger partial charge in [-0.3, -0.25) is 4.79 Å². The molecule has 0 aromatic heterocycles. The quantitative estimate of drug-likeness (QED) is 0.772. The van der Waals surface area contributed by atoms with Crippen LogP contribution in [0.4, 0.5) is 4.39 Å². The van der Waals surface area contributed by atoms with Crippen LogP contribution < -0.4 is 0 Å². The number of aliphatic hydroxyl groups excluding tert-OH is 1. The van der Waals surface area contributed by atoms with Gasteiger partial charge >= 0.3 is 0 Å². The van der Waals surface area contributed by atoms with Crippen molar-refractivity contribution in [2.45, 2.75) is 33.1 Å². The van der Waals surface area contributed by atoms with Crippen molar-refractivity contribution in [1.82, 2.24) is 4.90 Å². The summed E-state index contributed by atoms with van der Waals surface area (Å²) in [4.78, 5) is 13.9. The summed E-state index contributed by atoms with van der Waals surface area (Å²) in [5.41, 5.74) is 1.07. The highest BCUT2D eigenvalue weighted by molar-refractivity contribution is 5.94. The van der Waals surface area contributed by atoms with Gasteiger partial charge in [-0.1, -0.05) is 19.8 Å². The Morgan fingerprint density at radius 3 is 2.58 bits per heavy atom. The van der Waals surface area contributed by atoms with E-state index in [0.717, 1.165) is 24.8 Å². The van der Waals surface area contributed by atoms with Crippen molar-refractivity contribution in [3.8, 4) is 0 Å². The van der Waals surface area contributed by atoms with Crippen LogP contribution >= 0.6 is 0 Å². The number of rotatable bonds is 7. The van der Waals surface area contributed by atoms with Gasteiger partial charge in [-0.25, -0.2) is 4.39 Å². The van der Waals surface area contributed by atoms with Crippen molar-refractivity contribution in [1.29, 1.82) is 0 Å². The number of carbonyl (C=O) groups excluding carboxylic acids is 1. The van der Waals surface area contributed by atoms with Crippen molar-refractivity contribution < 1.29 is 14.3 Å². The molecule has 1 aromatic rings. The first-order chi connectivity index (χ1) is 9.08. The molecule has 0 fully saturated rings. The Balaban J connectivity index is 2.79. The van der Waals surface area contributed by atoms with Crippen LogP contribution in [0.1, 0.15) is 42.1 Å². The van der Waals surface area contributed by atoms with Gasteiger partial charge in [0, 0.05) is 18.7 Å². The molecule has 3 nitrogen and oxygen atoms in total. The van der Waals surface area contributed by atoms with Gasteiger partial charge in [0.05, 0.1) is 6.61 Å². The monoisotopic (exact) mass is 267 g/mol. The number of benzene rings is 1. The molecule has 0 radical (unpaired) electrons. The van der Waals surface area contributed by atoms with Gasteiger partial charge in [-0.05, 0) is 37.1 Å². The maximum absolute atomic E-state index is 13.3. The molecule has 0 heterocycles. The number of amides is 1. The predicted octanol–water partition coefficient (Wildman–Crippen LogP) is 2.76. The van der Waals surface area contributed by atoms with Crippen LogP contribution in [0.15, 0.2) is 18.2 Å². The van der Waals surface area contributed by atoms with E-state index in [1.54, 1.807) is 17.9 Å². The Morgan fingerprint density at radius 1 is 1.26 bits per heavy atom. The second-order valence-electron chi connectivity index (χ2n) is 4.74. The molecule has 1 N–H and O–H groups in total. The van der Waals surface area contributed by atoms with E-state index < -0.39 is 5.82 Å². The van der Waals surface area contributed by atoms with E-state index in [1.807, 2.05) is 0 Å². The molecule has 0 unspecified atom stereocenters. The second kappa shape index (κ2) is 7.89. The van der Waals surface area contributed by atoms with Gasteiger partial charge in [0.15, 0.2) is 0 Å². The third-order valence-corrected chi connectivity index (χ3v) is 2.98. The van der Waals surface area contributed by atoms with Gasteiger partial charge in [0.25, 0.3) is 5.91 Å². The number of aryl methyl sites for hydroxylation is 1. The van der Waals surface area contributed by atoms with Crippen molar-refractivity contribution in [2.24, 2.45) is 0 Å². The zero-order valence-electron chi connectivity index (χ0n) is 11.7. The van der Waals surface area contributed by atoms with Gasteiger partial charge in [-0.15, -0.1) is 0 Å². The molecular formula is C15H22FNO2. The molecule has 19 heavy (non-hydrogen) atoms. The fraction of sp³-hybridized carbons (Fsp3) is 0.533. The lowest BCUT2D eigenvalue weighted by Gasteiger charge is -2.22. The van der Waals surface area contributed by atoms with E-state index in [-0.39, 0.29) is 19.1 Å². The first-order valence-electron chi connectivity index (χ1n) is 6.75. The van der Waals surface area contributed by atoms with E-state index in [0.29, 0.717) is 12.1 Å². The Labute approximate surface area is 114 Å². The summed E-state index contributed by atoms with van der Waals surface area (Å²) in [6.45, 7) is 4.66. The summed E-state index contributed by atoms with van der Waals surface area (Å²) < 4.78 is 13.3. The summed E-state index contributed by atoms with van der Waals surface area (Å²) in [5, 5.41) is 9.03. The lowest BCUT2D eigenvalue weighted by molar-refractivity contribution is 0.0718. The zero-order valence-corrected chi connectivity index (χ0v) is 11.7. The molecule has 4 heteroatoms. The molecule has 0 bridgehead atoms. The highest BCUT2D eigenvalue weighted by Crippen LogP contribution is 2.12. The van der Waals surface area contributed by atoms with E-state index in [4.69, 9.17) is 5.11 Å². The number of hydrogen-bond acceptors (Lipinski definition) is 2. The zero-order chi connectivity index (χ0) is 14.3. The standard InChI is InChI=1S/C15H22FNO2/c1-3-4-5-6-17(7-8-18)15(19)13-9-12(2)10-14(16)11-13/h9-11,18H,3-8H2,1-2H3. The Hall–Kier alpha value is -1.42. The summed E-state index contributed by atoms with van der Waals surface area (Å²) in [5.74, 6) is -0.617. The van der Waals surface area contributed by atoms with Gasteiger partial charge in [0.1, 0.15) is 5.82 Å². The number of halogens is 1. The smallest absolute Gasteiger partial charge is 0.254 e. The van der Waals surface area contributed by atoms with Crippen molar-refractivity contribution in [3.63, 3.8) is 0 Å². The van der Waals surface area contributed by atoms with Gasteiger partial charge in [-0.2, -0.15) is 0 Å². The maximum atomic E-state index is 13.3. The van der Waals surface area contributed by atoms with Crippen LogP contribution in [-0.2, 0) is 0 Å². The minimum Gasteiger partial charge on any atom is -0.395 e. The van der Waals surface area contributed by atoms with E-state index in [1.165, 1.54) is 12.1 Å².